The van der Waals surface area contributed by atoms with Crippen LogP contribution in [0.2, 0.25) is 0 Å². The van der Waals surface area contributed by atoms with E-state index in [-0.39, 0.29) is 32.2 Å². The molecule has 0 fully saturated rings. The van der Waals surface area contributed by atoms with Gasteiger partial charge in [-0.3, -0.25) is 9.59 Å². The fourth-order valence-electron chi connectivity index (χ4n) is 11.1. The summed E-state index contributed by atoms with van der Waals surface area (Å²) < 4.78 is 23.0. The molecule has 0 aromatic carbocycles. The highest BCUT2D eigenvalue weighted by atomic mass is 16.7. The van der Waals surface area contributed by atoms with Crippen molar-refractivity contribution in [2.24, 2.45) is 0 Å². The molecule has 536 valence electrons. The second kappa shape index (κ2) is 73.8. The van der Waals surface area contributed by atoms with Gasteiger partial charge in [-0.1, -0.05) is 342 Å². The molecule has 0 heterocycles. The quantitative estimate of drug-likeness (QED) is 0.0211. The second-order valence-electron chi connectivity index (χ2n) is 27.3. The smallest absolute Gasteiger partial charge is 0.361 e. The molecule has 0 saturated carbocycles. The molecule has 9 heteroatoms. The first-order valence-corrected chi connectivity index (χ1v) is 39.1. The molecule has 0 rings (SSSR count). The Balaban J connectivity index is 4.01. The molecule has 2 unspecified atom stereocenters. The van der Waals surface area contributed by atoms with E-state index in [9.17, 15) is 19.5 Å². The minimum absolute atomic E-state index is 0.183. The number of carbonyl (C=O) groups is 3. The molecule has 0 bridgehead atoms. The zero-order valence-electron chi connectivity index (χ0n) is 61.4. The molecule has 0 spiro atoms. The number of aliphatic carboxylic acids is 1. The molecule has 2 atom stereocenters. The Labute approximate surface area is 575 Å². The lowest BCUT2D eigenvalue weighted by molar-refractivity contribution is -0.870. The number of nitrogens with zero attached hydrogens (tertiary/aromatic N) is 1. The van der Waals surface area contributed by atoms with Gasteiger partial charge < -0.3 is 28.5 Å². The highest BCUT2D eigenvalue weighted by Gasteiger charge is 2.25. The predicted octanol–water partition coefficient (Wildman–Crippen LogP) is 24.9. The lowest BCUT2D eigenvalue weighted by Gasteiger charge is -2.25. The lowest BCUT2D eigenvalue weighted by Crippen LogP contribution is -2.40. The number of carbonyl (C=O) groups excluding carboxylic acids is 2. The number of carboxylic acid groups (broad SMARTS) is 1. The largest absolute Gasteiger partial charge is 0.477 e. The number of hydrogen-bond donors (Lipinski definition) is 1. The van der Waals surface area contributed by atoms with Crippen molar-refractivity contribution in [2.75, 3.05) is 47.5 Å². The van der Waals surface area contributed by atoms with Crippen molar-refractivity contribution < 1.29 is 42.9 Å². The highest BCUT2D eigenvalue weighted by molar-refractivity contribution is 5.71. The third-order valence-electron chi connectivity index (χ3n) is 17.0. The summed E-state index contributed by atoms with van der Waals surface area (Å²) in [6, 6.07) is 0. The number of hydrogen-bond acceptors (Lipinski definition) is 7. The Morgan fingerprint density at radius 2 is 0.613 bits per heavy atom. The molecule has 0 radical (unpaired) electrons. The van der Waals surface area contributed by atoms with Crippen LogP contribution in [0.1, 0.15) is 348 Å². The molecule has 0 aliphatic rings. The van der Waals surface area contributed by atoms with Gasteiger partial charge in [-0.05, 0) is 103 Å². The molecule has 1 N–H and O–H groups in total. The van der Waals surface area contributed by atoms with Crippen LogP contribution in [0.4, 0.5) is 0 Å². The van der Waals surface area contributed by atoms with Crippen molar-refractivity contribution in [3.63, 3.8) is 0 Å². The number of carboxylic acids is 1. The Kier molecular flexibility index (Phi) is 70.5. The summed E-state index contributed by atoms with van der Waals surface area (Å²) in [5, 5.41) is 9.77. The summed E-state index contributed by atoms with van der Waals surface area (Å²) in [6.45, 7) is 4.79. The van der Waals surface area contributed by atoms with Crippen LogP contribution in [0.15, 0.2) is 109 Å². The zero-order chi connectivity index (χ0) is 67.5. The van der Waals surface area contributed by atoms with Gasteiger partial charge in [0.1, 0.15) is 13.2 Å². The van der Waals surface area contributed by atoms with Crippen LogP contribution in [0.3, 0.4) is 0 Å². The van der Waals surface area contributed by atoms with Gasteiger partial charge >= 0.3 is 17.9 Å². The minimum atomic E-state index is -1.51. The van der Waals surface area contributed by atoms with Crippen LogP contribution in [0.5, 0.6) is 0 Å². The summed E-state index contributed by atoms with van der Waals surface area (Å²) in [5.41, 5.74) is 0. The van der Waals surface area contributed by atoms with Gasteiger partial charge in [0.2, 0.25) is 0 Å². The summed E-state index contributed by atoms with van der Waals surface area (Å²) in [4.78, 5) is 37.7. The van der Waals surface area contributed by atoms with Gasteiger partial charge in [0, 0.05) is 12.8 Å². The molecule has 0 aliphatic carbocycles. The van der Waals surface area contributed by atoms with Crippen molar-refractivity contribution in [2.45, 2.75) is 360 Å². The van der Waals surface area contributed by atoms with E-state index in [4.69, 9.17) is 18.9 Å². The van der Waals surface area contributed by atoms with E-state index >= 15 is 0 Å². The standard InChI is InChI=1S/C84H147NO8/c1-6-8-10-12-14-16-18-20-22-24-26-28-30-32-34-35-36-37-38-39-40-41-42-43-44-45-46-47-49-51-53-55-57-59-61-63-65-67-69-71-73-75-82(87)93-80(79-92-84(83(88)89)90-77-76-85(3,4)5)78-91-81(86)74-72-70-68-66-64-62-60-58-56-54-52-50-48-33-31-29-27-25-23-21-19-17-15-13-11-9-7-2/h8,10,14,16,19-22,25-28,31-34,36-37,80,84H,6-7,9,11-13,15,17-18,23-24,29-30,35,38-79H2,1-5H3/p+1/b10-8-,16-14-,21-19-,22-20-,27-25-,28-26-,33-31-,34-32-,37-36-. The van der Waals surface area contributed by atoms with Gasteiger partial charge in [0.05, 0.1) is 34.4 Å². The zero-order valence-corrected chi connectivity index (χ0v) is 61.4. The fourth-order valence-corrected chi connectivity index (χ4v) is 11.1. The first-order valence-electron chi connectivity index (χ1n) is 39.1. The first kappa shape index (κ1) is 89.0. The molecule has 0 saturated heterocycles. The summed E-state index contributed by atoms with van der Waals surface area (Å²) in [7, 11) is 5.99. The van der Waals surface area contributed by atoms with E-state index in [0.29, 0.717) is 17.4 Å². The Hall–Kier alpha value is -4.05. The number of quaternary nitrogens is 1. The molecule has 9 nitrogen and oxygen atoms in total. The predicted molar refractivity (Wildman–Crippen MR) is 401 cm³/mol. The van der Waals surface area contributed by atoms with E-state index in [0.717, 1.165) is 89.9 Å². The van der Waals surface area contributed by atoms with Gasteiger partial charge in [-0.25, -0.2) is 4.79 Å². The van der Waals surface area contributed by atoms with Crippen LogP contribution in [-0.4, -0.2) is 87.4 Å². The van der Waals surface area contributed by atoms with Gasteiger partial charge in [0.15, 0.2) is 6.10 Å². The lowest BCUT2D eigenvalue weighted by atomic mass is 10.0. The Morgan fingerprint density at radius 3 is 0.914 bits per heavy atom. The van der Waals surface area contributed by atoms with Crippen LogP contribution in [-0.2, 0) is 33.3 Å². The van der Waals surface area contributed by atoms with Crippen molar-refractivity contribution in [1.29, 1.82) is 0 Å². The summed E-state index contributed by atoms with van der Waals surface area (Å²) in [6.07, 6.45) is 101. The number of allylic oxidation sites excluding steroid dienone is 18. The van der Waals surface area contributed by atoms with Crippen molar-refractivity contribution in [3.05, 3.63) is 109 Å². The van der Waals surface area contributed by atoms with E-state index in [2.05, 4.69) is 123 Å². The second-order valence-corrected chi connectivity index (χ2v) is 27.3. The van der Waals surface area contributed by atoms with Crippen LogP contribution >= 0.6 is 0 Å². The maximum Gasteiger partial charge on any atom is 0.361 e. The van der Waals surface area contributed by atoms with Crippen LogP contribution in [0.25, 0.3) is 0 Å². The SMILES string of the molecule is CC/C=C\C/C=C\C/C=C\C/C=C\C/C=C\C/C=C\CCCCCCCCCCCCCCCCCCCCCCCCC(=O)OC(COC(=O)CCCCCCCCCCCCCC/C=C\C/C=C\C/C=C\CCCCCCC)COC(OCC[N+](C)(C)C)C(=O)O. The van der Waals surface area contributed by atoms with Crippen LogP contribution in [0, 0.1) is 0 Å². The topological polar surface area (TPSA) is 108 Å². The monoisotopic (exact) mass is 1300 g/mol. The molecule has 0 amide bonds. The van der Waals surface area contributed by atoms with Gasteiger partial charge in [0.25, 0.3) is 6.29 Å². The minimum Gasteiger partial charge on any atom is -0.477 e. The maximum atomic E-state index is 13.0. The first-order chi connectivity index (χ1) is 45.6. The molecule has 93 heavy (non-hydrogen) atoms. The number of rotatable bonds is 72. The normalized spacial score (nSPS) is 13.3. The molecular formula is C84H148NO8+. The van der Waals surface area contributed by atoms with E-state index < -0.39 is 24.3 Å². The number of likely N-dealkylation sites (N-methyl/N-ethyl adjacent to an activating group) is 1. The number of ether oxygens (including phenoxy) is 4. The third kappa shape index (κ3) is 75.2. The summed E-state index contributed by atoms with van der Waals surface area (Å²) >= 11 is 0. The van der Waals surface area contributed by atoms with Crippen molar-refractivity contribution >= 4 is 17.9 Å². The van der Waals surface area contributed by atoms with Gasteiger partial charge in [-0.15, -0.1) is 0 Å². The summed E-state index contributed by atoms with van der Waals surface area (Å²) in [5.74, 6) is -1.99. The molecule has 0 aromatic heterocycles. The Morgan fingerprint density at radius 1 is 0.333 bits per heavy atom. The van der Waals surface area contributed by atoms with E-state index in [1.54, 1.807) is 0 Å². The van der Waals surface area contributed by atoms with Crippen molar-refractivity contribution in [3.8, 4) is 0 Å². The van der Waals surface area contributed by atoms with Crippen molar-refractivity contribution in [1.82, 2.24) is 0 Å². The maximum absolute atomic E-state index is 13.0. The fraction of sp³-hybridized carbons (Fsp3) is 0.750. The Bertz CT molecular complexity index is 1900. The molecule has 0 aromatic rings. The average molecular weight is 1300 g/mol. The number of unbranched alkanes of at least 4 members (excludes halogenated alkanes) is 39. The average Bonchev–Trinajstić information content (AvgIpc) is 3.38. The van der Waals surface area contributed by atoms with Gasteiger partial charge in [-0.2, -0.15) is 0 Å². The number of esters is 2. The van der Waals surface area contributed by atoms with Crippen LogP contribution < -0.4 is 0 Å². The molecular weight excluding hydrogens is 1150 g/mol. The van der Waals surface area contributed by atoms with E-state index in [1.807, 2.05) is 21.1 Å². The van der Waals surface area contributed by atoms with E-state index in [1.165, 1.54) is 231 Å². The molecule has 0 aliphatic heterocycles. The third-order valence-corrected chi connectivity index (χ3v) is 17.0. The highest BCUT2D eigenvalue weighted by Crippen LogP contribution is 2.18.